The van der Waals surface area contributed by atoms with Gasteiger partial charge in [0.2, 0.25) is 0 Å². The fourth-order valence-electron chi connectivity index (χ4n) is 2.82. The van der Waals surface area contributed by atoms with Gasteiger partial charge < -0.3 is 13.9 Å². The minimum Gasteiger partial charge on any atom is -0.466 e. The molecule has 0 amide bonds. The molecule has 0 aliphatic heterocycles. The van der Waals surface area contributed by atoms with Crippen LogP contribution in [0.5, 0.6) is 0 Å². The number of hydrogen-bond acceptors (Lipinski definition) is 4. The molecule has 0 aromatic carbocycles. The van der Waals surface area contributed by atoms with E-state index in [9.17, 15) is 4.79 Å². The predicted molar refractivity (Wildman–Crippen MR) is 82.2 cm³/mol. The largest absolute Gasteiger partial charge is 0.466 e. The lowest BCUT2D eigenvalue weighted by Crippen LogP contribution is -2.45. The standard InChI is InChI=1S/C15H28O4Si/c1-6-20(7-2,8-3)19-13-10-9-12(15(16)18-5)11-14(13)17-4/h11,13-14H,6-10H2,1-5H3/t13-,14+/m1/s1. The second kappa shape index (κ2) is 7.95. The fraction of sp³-hybridized carbons (Fsp3) is 0.800. The molecule has 0 aromatic rings. The molecule has 0 N–H and O–H groups in total. The molecule has 0 unspecified atom stereocenters. The average Bonchev–Trinajstić information content (AvgIpc) is 2.52. The van der Waals surface area contributed by atoms with Crippen LogP contribution in [0.2, 0.25) is 18.1 Å². The zero-order chi connectivity index (χ0) is 15.2. The quantitative estimate of drug-likeness (QED) is 0.534. The van der Waals surface area contributed by atoms with Gasteiger partial charge in [-0.2, -0.15) is 0 Å². The first-order valence-corrected chi connectivity index (χ1v) is 10.1. The molecule has 0 heterocycles. The summed E-state index contributed by atoms with van der Waals surface area (Å²) in [7, 11) is 1.44. The summed E-state index contributed by atoms with van der Waals surface area (Å²) in [6.07, 6.45) is 3.34. The molecule has 0 saturated carbocycles. The average molecular weight is 300 g/mol. The van der Waals surface area contributed by atoms with E-state index in [1.165, 1.54) is 7.11 Å². The highest BCUT2D eigenvalue weighted by Gasteiger charge is 2.36. The Hall–Kier alpha value is -0.653. The summed E-state index contributed by atoms with van der Waals surface area (Å²) in [4.78, 5) is 11.6. The Morgan fingerprint density at radius 1 is 1.25 bits per heavy atom. The van der Waals surface area contributed by atoms with Crippen LogP contribution in [0.3, 0.4) is 0 Å². The van der Waals surface area contributed by atoms with E-state index in [1.54, 1.807) is 7.11 Å². The van der Waals surface area contributed by atoms with E-state index < -0.39 is 8.32 Å². The molecule has 116 valence electrons. The monoisotopic (exact) mass is 300 g/mol. The van der Waals surface area contributed by atoms with Gasteiger partial charge in [0.15, 0.2) is 8.32 Å². The molecule has 0 spiro atoms. The lowest BCUT2D eigenvalue weighted by Gasteiger charge is -2.37. The summed E-state index contributed by atoms with van der Waals surface area (Å²) in [6, 6.07) is 3.38. The maximum absolute atomic E-state index is 11.6. The summed E-state index contributed by atoms with van der Waals surface area (Å²) in [5.41, 5.74) is 0.705. The van der Waals surface area contributed by atoms with Gasteiger partial charge in [-0.3, -0.25) is 0 Å². The molecule has 0 saturated heterocycles. The van der Waals surface area contributed by atoms with Crippen molar-refractivity contribution in [3.63, 3.8) is 0 Å². The third kappa shape index (κ3) is 3.93. The van der Waals surface area contributed by atoms with Gasteiger partial charge in [-0.1, -0.05) is 20.8 Å². The minimum absolute atomic E-state index is 0.0694. The lowest BCUT2D eigenvalue weighted by atomic mass is 9.95. The van der Waals surface area contributed by atoms with Crippen molar-refractivity contribution in [3.8, 4) is 0 Å². The maximum atomic E-state index is 11.6. The minimum atomic E-state index is -1.65. The van der Waals surface area contributed by atoms with E-state index >= 15 is 0 Å². The Kier molecular flexibility index (Phi) is 6.92. The Morgan fingerprint density at radius 3 is 2.30 bits per heavy atom. The molecule has 0 aromatic heterocycles. The van der Waals surface area contributed by atoms with E-state index in [0.29, 0.717) is 12.0 Å². The van der Waals surface area contributed by atoms with Crippen molar-refractivity contribution in [2.24, 2.45) is 0 Å². The van der Waals surface area contributed by atoms with Crippen LogP contribution < -0.4 is 0 Å². The molecule has 0 radical (unpaired) electrons. The zero-order valence-electron chi connectivity index (χ0n) is 13.4. The van der Waals surface area contributed by atoms with Crippen LogP contribution in [0.1, 0.15) is 33.6 Å². The van der Waals surface area contributed by atoms with Crippen LogP contribution in [-0.4, -0.2) is 40.7 Å². The van der Waals surface area contributed by atoms with Gasteiger partial charge in [0.25, 0.3) is 0 Å². The van der Waals surface area contributed by atoms with E-state index in [4.69, 9.17) is 13.9 Å². The van der Waals surface area contributed by atoms with Crippen LogP contribution in [0, 0.1) is 0 Å². The van der Waals surface area contributed by atoms with Crippen LogP contribution in [0.15, 0.2) is 11.6 Å². The molecular formula is C15H28O4Si. The Labute approximate surface area is 123 Å². The van der Waals surface area contributed by atoms with E-state index in [-0.39, 0.29) is 18.2 Å². The van der Waals surface area contributed by atoms with Gasteiger partial charge in [0.1, 0.15) is 6.10 Å². The van der Waals surface area contributed by atoms with Crippen molar-refractivity contribution in [2.75, 3.05) is 14.2 Å². The highest BCUT2D eigenvalue weighted by Crippen LogP contribution is 2.30. The lowest BCUT2D eigenvalue weighted by molar-refractivity contribution is -0.136. The summed E-state index contributed by atoms with van der Waals surface area (Å²) < 4.78 is 16.8. The fourth-order valence-corrected chi connectivity index (χ4v) is 5.71. The van der Waals surface area contributed by atoms with Crippen LogP contribution in [0.4, 0.5) is 0 Å². The van der Waals surface area contributed by atoms with Gasteiger partial charge in [0.05, 0.1) is 13.2 Å². The summed E-state index contributed by atoms with van der Waals surface area (Å²) in [5.74, 6) is -0.254. The molecule has 0 bridgehead atoms. The molecular weight excluding hydrogens is 272 g/mol. The molecule has 5 heteroatoms. The van der Waals surface area contributed by atoms with Gasteiger partial charge in [-0.05, 0) is 37.0 Å². The molecule has 2 atom stereocenters. The van der Waals surface area contributed by atoms with Gasteiger partial charge in [-0.25, -0.2) is 4.79 Å². The van der Waals surface area contributed by atoms with Gasteiger partial charge in [-0.15, -0.1) is 0 Å². The van der Waals surface area contributed by atoms with Crippen molar-refractivity contribution in [1.29, 1.82) is 0 Å². The Morgan fingerprint density at radius 2 is 1.85 bits per heavy atom. The molecule has 1 aliphatic carbocycles. The summed E-state index contributed by atoms with van der Waals surface area (Å²) >= 11 is 0. The number of hydrogen-bond donors (Lipinski definition) is 0. The van der Waals surface area contributed by atoms with Crippen molar-refractivity contribution < 1.29 is 18.7 Å². The second-order valence-electron chi connectivity index (χ2n) is 5.32. The van der Waals surface area contributed by atoms with E-state index in [2.05, 4.69) is 20.8 Å². The van der Waals surface area contributed by atoms with Crippen molar-refractivity contribution >= 4 is 14.3 Å². The van der Waals surface area contributed by atoms with Crippen LogP contribution in [0.25, 0.3) is 0 Å². The van der Waals surface area contributed by atoms with E-state index in [1.807, 2.05) is 6.08 Å². The number of ether oxygens (including phenoxy) is 2. The van der Waals surface area contributed by atoms with Crippen LogP contribution in [-0.2, 0) is 18.7 Å². The van der Waals surface area contributed by atoms with Crippen molar-refractivity contribution in [3.05, 3.63) is 11.6 Å². The molecule has 20 heavy (non-hydrogen) atoms. The Bertz CT molecular complexity index is 342. The smallest absolute Gasteiger partial charge is 0.333 e. The normalized spacial score (nSPS) is 23.4. The number of esters is 1. The molecule has 0 fully saturated rings. The number of rotatable bonds is 7. The first-order chi connectivity index (χ1) is 9.55. The molecule has 4 nitrogen and oxygen atoms in total. The first-order valence-electron chi connectivity index (χ1n) is 7.55. The van der Waals surface area contributed by atoms with E-state index in [0.717, 1.165) is 24.6 Å². The molecule has 1 rings (SSSR count). The first kappa shape index (κ1) is 17.4. The SMILES string of the molecule is CC[Si](CC)(CC)O[C@@H]1CCC(C(=O)OC)=C[C@@H]1OC. The zero-order valence-corrected chi connectivity index (χ0v) is 14.4. The predicted octanol–water partition coefficient (Wildman–Crippen LogP) is 3.29. The van der Waals surface area contributed by atoms with Crippen molar-refractivity contribution in [1.82, 2.24) is 0 Å². The maximum Gasteiger partial charge on any atom is 0.333 e. The second-order valence-corrected chi connectivity index (χ2v) is 10.0. The van der Waals surface area contributed by atoms with Crippen molar-refractivity contribution in [2.45, 2.75) is 64.0 Å². The third-order valence-corrected chi connectivity index (χ3v) is 9.15. The highest BCUT2D eigenvalue weighted by atomic mass is 28.4. The summed E-state index contributed by atoms with van der Waals surface area (Å²) in [5, 5.41) is 0. The number of carbonyl (C=O) groups excluding carboxylic acids is 1. The van der Waals surface area contributed by atoms with Gasteiger partial charge >= 0.3 is 5.97 Å². The summed E-state index contributed by atoms with van der Waals surface area (Å²) in [6.45, 7) is 6.67. The number of methoxy groups -OCH3 is 2. The highest BCUT2D eigenvalue weighted by molar-refractivity contribution is 6.73. The Balaban J connectivity index is 2.83. The topological polar surface area (TPSA) is 44.8 Å². The number of carbonyl (C=O) groups is 1. The molecule has 1 aliphatic rings. The van der Waals surface area contributed by atoms with Crippen LogP contribution >= 0.6 is 0 Å². The third-order valence-electron chi connectivity index (χ3n) is 4.48. The van der Waals surface area contributed by atoms with Gasteiger partial charge in [0, 0.05) is 12.7 Å².